The number of benzene rings is 3. The summed E-state index contributed by atoms with van der Waals surface area (Å²) >= 11 is 0. The maximum absolute atomic E-state index is 14.6. The summed E-state index contributed by atoms with van der Waals surface area (Å²) in [5.74, 6) is -2.30. The minimum absolute atomic E-state index is 0.0995. The highest BCUT2D eigenvalue weighted by atomic mass is 19.1. The van der Waals surface area contributed by atoms with Gasteiger partial charge in [0.15, 0.2) is 0 Å². The summed E-state index contributed by atoms with van der Waals surface area (Å²) in [5.41, 5.74) is 2.63. The quantitative estimate of drug-likeness (QED) is 0.485. The maximum Gasteiger partial charge on any atom is 0.134 e. The predicted octanol–water partition coefficient (Wildman–Crippen LogP) is 6.92. The smallest absolute Gasteiger partial charge is 0.134 e. The van der Waals surface area contributed by atoms with Crippen molar-refractivity contribution in [3.8, 4) is 22.3 Å². The molecule has 1 nitrogen and oxygen atoms in total. The van der Waals surface area contributed by atoms with E-state index in [0.717, 1.165) is 36.6 Å². The van der Waals surface area contributed by atoms with Gasteiger partial charge in [0.2, 0.25) is 0 Å². The van der Waals surface area contributed by atoms with Gasteiger partial charge < -0.3 is 5.11 Å². The summed E-state index contributed by atoms with van der Waals surface area (Å²) < 4.78 is 42.7. The fourth-order valence-corrected chi connectivity index (χ4v) is 3.05. The number of hydrogen-bond acceptors (Lipinski definition) is 1. The number of aliphatic hydroxyl groups is 1. The van der Waals surface area contributed by atoms with E-state index in [0.29, 0.717) is 11.8 Å². The molecule has 3 rings (SSSR count). The van der Waals surface area contributed by atoms with Crippen molar-refractivity contribution in [1.29, 1.82) is 0 Å². The molecule has 0 fully saturated rings. The zero-order valence-corrected chi connectivity index (χ0v) is 14.8. The normalized spacial score (nSPS) is 11.3. The standard InChI is InChI=1S/C23H19F3O/c1-2-3-15-4-6-16(7-5-15)17-8-9-19(21(24)12-17)18-13-22(25)20(10-11-27)23(26)14-18/h4-14,27H,2-3H2,1H3/b11-10+. The fraction of sp³-hybridized carbons (Fsp3) is 0.130. The Labute approximate surface area is 156 Å². The number of rotatable bonds is 5. The summed E-state index contributed by atoms with van der Waals surface area (Å²) in [7, 11) is 0. The molecule has 4 heteroatoms. The Bertz CT molecular complexity index is 952. The molecule has 0 spiro atoms. The fourth-order valence-electron chi connectivity index (χ4n) is 3.05. The van der Waals surface area contributed by atoms with E-state index in [1.165, 1.54) is 17.7 Å². The largest absolute Gasteiger partial charge is 0.516 e. The van der Waals surface area contributed by atoms with Gasteiger partial charge in [-0.25, -0.2) is 13.2 Å². The Morgan fingerprint density at radius 3 is 1.93 bits per heavy atom. The van der Waals surface area contributed by atoms with E-state index in [2.05, 4.69) is 6.92 Å². The molecule has 0 aliphatic heterocycles. The predicted molar refractivity (Wildman–Crippen MR) is 103 cm³/mol. The summed E-state index contributed by atoms with van der Waals surface area (Å²) in [4.78, 5) is 0. The van der Waals surface area contributed by atoms with Gasteiger partial charge in [-0.1, -0.05) is 49.7 Å². The first-order chi connectivity index (χ1) is 13.0. The highest BCUT2D eigenvalue weighted by Gasteiger charge is 2.13. The van der Waals surface area contributed by atoms with Crippen LogP contribution in [0.3, 0.4) is 0 Å². The van der Waals surface area contributed by atoms with Crippen LogP contribution in [0, 0.1) is 17.5 Å². The van der Waals surface area contributed by atoms with Gasteiger partial charge in [-0.3, -0.25) is 0 Å². The number of halogens is 3. The minimum atomic E-state index is -0.870. The summed E-state index contributed by atoms with van der Waals surface area (Å²) in [5, 5.41) is 8.71. The van der Waals surface area contributed by atoms with Crippen LogP contribution in [0.25, 0.3) is 28.3 Å². The summed E-state index contributed by atoms with van der Waals surface area (Å²) in [6.45, 7) is 2.11. The van der Waals surface area contributed by atoms with E-state index >= 15 is 0 Å². The molecule has 0 aromatic heterocycles. The Morgan fingerprint density at radius 1 is 0.778 bits per heavy atom. The topological polar surface area (TPSA) is 20.2 Å². The molecular weight excluding hydrogens is 349 g/mol. The van der Waals surface area contributed by atoms with Crippen LogP contribution in [-0.4, -0.2) is 5.11 Å². The average molecular weight is 368 g/mol. The maximum atomic E-state index is 14.6. The van der Waals surface area contributed by atoms with Gasteiger partial charge in [-0.05, 0) is 52.9 Å². The summed E-state index contributed by atoms with van der Waals surface area (Å²) in [6.07, 6.45) is 3.52. The molecule has 3 aromatic carbocycles. The van der Waals surface area contributed by atoms with Crippen molar-refractivity contribution in [2.24, 2.45) is 0 Å². The van der Waals surface area contributed by atoms with E-state index in [-0.39, 0.29) is 16.7 Å². The van der Waals surface area contributed by atoms with E-state index in [1.54, 1.807) is 6.07 Å². The molecule has 0 bridgehead atoms. The van der Waals surface area contributed by atoms with Gasteiger partial charge in [0.25, 0.3) is 0 Å². The first-order valence-corrected chi connectivity index (χ1v) is 8.72. The first kappa shape index (κ1) is 18.8. The lowest BCUT2D eigenvalue weighted by Gasteiger charge is -2.09. The van der Waals surface area contributed by atoms with Gasteiger partial charge in [-0.2, -0.15) is 0 Å². The molecule has 0 unspecified atom stereocenters. The van der Waals surface area contributed by atoms with Crippen molar-refractivity contribution in [1.82, 2.24) is 0 Å². The molecule has 0 aliphatic rings. The second kappa shape index (κ2) is 8.12. The van der Waals surface area contributed by atoms with E-state index in [9.17, 15) is 13.2 Å². The lowest BCUT2D eigenvalue weighted by atomic mass is 9.97. The van der Waals surface area contributed by atoms with Crippen molar-refractivity contribution >= 4 is 6.08 Å². The monoisotopic (exact) mass is 368 g/mol. The van der Waals surface area contributed by atoms with Crippen LogP contribution in [0.1, 0.15) is 24.5 Å². The van der Waals surface area contributed by atoms with Crippen LogP contribution >= 0.6 is 0 Å². The molecule has 0 aliphatic carbocycles. The molecule has 0 saturated heterocycles. The molecule has 138 valence electrons. The Morgan fingerprint density at radius 2 is 1.37 bits per heavy atom. The van der Waals surface area contributed by atoms with Crippen molar-refractivity contribution in [2.45, 2.75) is 19.8 Å². The molecular formula is C23H19F3O. The van der Waals surface area contributed by atoms with E-state index in [1.807, 2.05) is 24.3 Å². The lowest BCUT2D eigenvalue weighted by Crippen LogP contribution is -1.93. The lowest BCUT2D eigenvalue weighted by molar-refractivity contribution is 0.477. The molecule has 0 atom stereocenters. The second-order valence-corrected chi connectivity index (χ2v) is 6.31. The number of aliphatic hydroxyl groups excluding tert-OH is 1. The van der Waals surface area contributed by atoms with Crippen molar-refractivity contribution in [2.75, 3.05) is 0 Å². The van der Waals surface area contributed by atoms with E-state index in [4.69, 9.17) is 5.11 Å². The molecule has 3 aromatic rings. The third-order valence-electron chi connectivity index (χ3n) is 4.43. The van der Waals surface area contributed by atoms with Crippen LogP contribution in [0.4, 0.5) is 13.2 Å². The summed E-state index contributed by atoms with van der Waals surface area (Å²) in [6, 6.07) is 14.6. The highest BCUT2D eigenvalue weighted by Crippen LogP contribution is 2.30. The van der Waals surface area contributed by atoms with Gasteiger partial charge in [0, 0.05) is 11.1 Å². The second-order valence-electron chi connectivity index (χ2n) is 6.31. The van der Waals surface area contributed by atoms with Crippen LogP contribution in [0.2, 0.25) is 0 Å². The zero-order valence-electron chi connectivity index (χ0n) is 14.8. The van der Waals surface area contributed by atoms with E-state index < -0.39 is 17.5 Å². The zero-order chi connectivity index (χ0) is 19.4. The van der Waals surface area contributed by atoms with Crippen LogP contribution in [-0.2, 0) is 6.42 Å². The van der Waals surface area contributed by atoms with Crippen molar-refractivity contribution in [3.63, 3.8) is 0 Å². The third kappa shape index (κ3) is 4.05. The molecule has 0 saturated carbocycles. The SMILES string of the molecule is CCCc1ccc(-c2ccc(-c3cc(F)c(/C=C/O)c(F)c3)c(F)c2)cc1. The molecule has 0 amide bonds. The Balaban J connectivity index is 1.95. The molecule has 27 heavy (non-hydrogen) atoms. The van der Waals surface area contributed by atoms with Gasteiger partial charge >= 0.3 is 0 Å². The van der Waals surface area contributed by atoms with Crippen molar-refractivity contribution in [3.05, 3.63) is 89.4 Å². The molecule has 1 N–H and O–H groups in total. The first-order valence-electron chi connectivity index (χ1n) is 8.72. The minimum Gasteiger partial charge on any atom is -0.516 e. The number of hydrogen-bond donors (Lipinski definition) is 1. The van der Waals surface area contributed by atoms with Gasteiger partial charge in [0.1, 0.15) is 17.5 Å². The third-order valence-corrected chi connectivity index (χ3v) is 4.43. The van der Waals surface area contributed by atoms with Crippen LogP contribution in [0.5, 0.6) is 0 Å². The van der Waals surface area contributed by atoms with Gasteiger partial charge in [-0.15, -0.1) is 0 Å². The van der Waals surface area contributed by atoms with Crippen LogP contribution in [0.15, 0.2) is 60.9 Å². The van der Waals surface area contributed by atoms with Crippen molar-refractivity contribution < 1.29 is 18.3 Å². The molecule has 0 heterocycles. The molecule has 0 radical (unpaired) electrons. The Hall–Kier alpha value is -3.01. The Kier molecular flexibility index (Phi) is 5.65. The number of aryl methyl sites for hydroxylation is 1. The average Bonchev–Trinajstić information content (AvgIpc) is 2.65. The highest BCUT2D eigenvalue weighted by molar-refractivity contribution is 5.72. The van der Waals surface area contributed by atoms with Gasteiger partial charge in [0.05, 0.1) is 6.26 Å². The van der Waals surface area contributed by atoms with Crippen LogP contribution < -0.4 is 0 Å².